The Balaban J connectivity index is 2.40. The molecule has 0 fully saturated rings. The van der Waals surface area contributed by atoms with Gasteiger partial charge in [0.05, 0.1) is 15.9 Å². The summed E-state index contributed by atoms with van der Waals surface area (Å²) in [5, 5.41) is 1.99. The zero-order valence-electron chi connectivity index (χ0n) is 12.5. The maximum absolute atomic E-state index is 12.4. The lowest BCUT2D eigenvalue weighted by Crippen LogP contribution is -2.27. The van der Waals surface area contributed by atoms with E-state index in [0.29, 0.717) is 0 Å². The van der Waals surface area contributed by atoms with Crippen molar-refractivity contribution in [2.75, 3.05) is 0 Å². The van der Waals surface area contributed by atoms with E-state index >= 15 is 0 Å². The van der Waals surface area contributed by atoms with Crippen molar-refractivity contribution in [1.82, 2.24) is 4.57 Å². The molecule has 0 N–H and O–H groups in total. The summed E-state index contributed by atoms with van der Waals surface area (Å²) >= 11 is 1.63. The van der Waals surface area contributed by atoms with Crippen molar-refractivity contribution in [3.63, 3.8) is 0 Å². The average molecular weight is 291 g/mol. The molecule has 3 nitrogen and oxygen atoms in total. The first-order valence-electron chi connectivity index (χ1n) is 6.91. The second-order valence-electron chi connectivity index (χ2n) is 5.75. The molecule has 0 aliphatic carbocycles. The Labute approximate surface area is 123 Å². The molecule has 2 aromatic rings. The Morgan fingerprint density at radius 2 is 2.20 bits per heavy atom. The highest BCUT2D eigenvalue weighted by Gasteiger charge is 2.21. The predicted molar refractivity (Wildman–Crippen MR) is 85.4 cm³/mol. The van der Waals surface area contributed by atoms with E-state index in [-0.39, 0.29) is 6.09 Å². The number of hydrogen-bond donors (Lipinski definition) is 0. The van der Waals surface area contributed by atoms with Crippen molar-refractivity contribution in [1.29, 1.82) is 0 Å². The second-order valence-corrected chi connectivity index (χ2v) is 6.69. The lowest BCUT2D eigenvalue weighted by atomic mass is 10.2. The summed E-state index contributed by atoms with van der Waals surface area (Å²) in [5.41, 5.74) is 1.31. The monoisotopic (exact) mass is 291 g/mol. The topological polar surface area (TPSA) is 31.2 Å². The van der Waals surface area contributed by atoms with Crippen LogP contribution in [-0.2, 0) is 4.74 Å². The number of nitrogens with zero attached hydrogens (tertiary/aromatic N) is 1. The third-order valence-corrected chi connectivity index (χ3v) is 3.62. The summed E-state index contributed by atoms with van der Waals surface area (Å²) in [6.45, 7) is 7.78. The molecular formula is C16H21NO2S. The average Bonchev–Trinajstić information content (AvgIpc) is 2.86. The van der Waals surface area contributed by atoms with Crippen molar-refractivity contribution in [2.24, 2.45) is 0 Å². The van der Waals surface area contributed by atoms with Crippen LogP contribution in [0.4, 0.5) is 4.79 Å². The molecule has 0 aromatic carbocycles. The fraction of sp³-hybridized carbons (Fsp3) is 0.438. The van der Waals surface area contributed by atoms with E-state index in [4.69, 9.17) is 4.74 Å². The molecular weight excluding hydrogens is 270 g/mol. The molecule has 2 aromatic heterocycles. The van der Waals surface area contributed by atoms with Crippen molar-refractivity contribution >= 4 is 33.7 Å². The minimum absolute atomic E-state index is 0.318. The highest BCUT2D eigenvalue weighted by Crippen LogP contribution is 2.27. The molecule has 0 atom stereocenters. The Kier molecular flexibility index (Phi) is 4.33. The van der Waals surface area contributed by atoms with Gasteiger partial charge < -0.3 is 4.74 Å². The van der Waals surface area contributed by atoms with Gasteiger partial charge in [-0.05, 0) is 50.8 Å². The Bertz CT molecular complexity index is 628. The zero-order chi connectivity index (χ0) is 14.8. The van der Waals surface area contributed by atoms with Crippen LogP contribution in [0.5, 0.6) is 0 Å². The molecule has 0 spiro atoms. The van der Waals surface area contributed by atoms with Crippen LogP contribution < -0.4 is 0 Å². The van der Waals surface area contributed by atoms with Crippen LogP contribution in [0.15, 0.2) is 23.6 Å². The fourth-order valence-corrected chi connectivity index (χ4v) is 2.76. The Morgan fingerprint density at radius 3 is 2.85 bits per heavy atom. The minimum atomic E-state index is -0.492. The molecule has 0 bridgehead atoms. The molecule has 0 saturated heterocycles. The van der Waals surface area contributed by atoms with Crippen LogP contribution >= 0.6 is 11.3 Å². The SMILES string of the molecule is CCCC=Cc1cc2sccc2n1C(=O)OC(C)(C)C. The number of carbonyl (C=O) groups excluding carboxylic acids is 1. The van der Waals surface area contributed by atoms with Gasteiger partial charge >= 0.3 is 6.09 Å². The number of allylic oxidation sites excluding steroid dienone is 1. The van der Waals surface area contributed by atoms with E-state index in [0.717, 1.165) is 28.8 Å². The van der Waals surface area contributed by atoms with Crippen molar-refractivity contribution < 1.29 is 9.53 Å². The molecule has 2 heterocycles. The highest BCUT2D eigenvalue weighted by molar-refractivity contribution is 7.17. The summed E-state index contributed by atoms with van der Waals surface area (Å²) in [6.07, 6.45) is 5.88. The molecule has 0 aliphatic rings. The molecule has 108 valence electrons. The summed E-state index contributed by atoms with van der Waals surface area (Å²) in [7, 11) is 0. The third kappa shape index (κ3) is 3.31. The number of rotatable bonds is 3. The number of unbranched alkanes of at least 4 members (excludes halogenated alkanes) is 1. The van der Waals surface area contributed by atoms with Gasteiger partial charge in [-0.3, -0.25) is 0 Å². The van der Waals surface area contributed by atoms with Crippen molar-refractivity contribution in [3.05, 3.63) is 29.3 Å². The van der Waals surface area contributed by atoms with Gasteiger partial charge in [-0.25, -0.2) is 9.36 Å². The molecule has 0 saturated carbocycles. The van der Waals surface area contributed by atoms with Gasteiger partial charge in [0, 0.05) is 0 Å². The van der Waals surface area contributed by atoms with Gasteiger partial charge in [0.2, 0.25) is 0 Å². The van der Waals surface area contributed by atoms with Crippen LogP contribution in [-0.4, -0.2) is 16.3 Å². The van der Waals surface area contributed by atoms with Crippen molar-refractivity contribution in [3.8, 4) is 0 Å². The van der Waals surface area contributed by atoms with Crippen molar-refractivity contribution in [2.45, 2.75) is 46.1 Å². The highest BCUT2D eigenvalue weighted by atomic mass is 32.1. The normalized spacial score (nSPS) is 12.4. The van der Waals surface area contributed by atoms with Crippen LogP contribution in [0.25, 0.3) is 16.3 Å². The lowest BCUT2D eigenvalue weighted by molar-refractivity contribution is 0.0544. The van der Waals surface area contributed by atoms with Crippen LogP contribution in [0.1, 0.15) is 46.2 Å². The summed E-state index contributed by atoms with van der Waals surface area (Å²) in [6, 6.07) is 4.00. The van der Waals surface area contributed by atoms with E-state index in [2.05, 4.69) is 13.0 Å². The first kappa shape index (κ1) is 14.9. The minimum Gasteiger partial charge on any atom is -0.443 e. The van der Waals surface area contributed by atoms with Gasteiger partial charge in [-0.2, -0.15) is 0 Å². The maximum Gasteiger partial charge on any atom is 0.419 e. The number of aromatic nitrogens is 1. The summed E-state index contributed by atoms with van der Waals surface area (Å²) in [5.74, 6) is 0. The van der Waals surface area contributed by atoms with Crippen LogP contribution in [0.3, 0.4) is 0 Å². The molecule has 4 heteroatoms. The van der Waals surface area contributed by atoms with Crippen LogP contribution in [0.2, 0.25) is 0 Å². The standard InChI is InChI=1S/C16H21NO2S/c1-5-6-7-8-12-11-14-13(9-10-20-14)17(12)15(18)19-16(2,3)4/h7-11H,5-6H2,1-4H3. The quantitative estimate of drug-likeness (QED) is 0.768. The fourth-order valence-electron chi connectivity index (χ4n) is 1.95. The molecule has 0 radical (unpaired) electrons. The number of fused-ring (bicyclic) bond motifs is 1. The lowest BCUT2D eigenvalue weighted by Gasteiger charge is -2.20. The van der Waals surface area contributed by atoms with E-state index in [1.54, 1.807) is 15.9 Å². The van der Waals surface area contributed by atoms with E-state index in [1.165, 1.54) is 0 Å². The van der Waals surface area contributed by atoms with Gasteiger partial charge in [-0.1, -0.05) is 19.4 Å². The molecule has 2 rings (SSSR count). The van der Waals surface area contributed by atoms with Gasteiger partial charge in [0.15, 0.2) is 0 Å². The van der Waals surface area contributed by atoms with E-state index < -0.39 is 5.60 Å². The third-order valence-electron chi connectivity index (χ3n) is 2.77. The van der Waals surface area contributed by atoms with Gasteiger partial charge in [-0.15, -0.1) is 11.3 Å². The molecule has 0 aliphatic heterocycles. The van der Waals surface area contributed by atoms with Crippen LogP contribution in [0, 0.1) is 0 Å². The summed E-state index contributed by atoms with van der Waals surface area (Å²) < 4.78 is 8.26. The number of ether oxygens (including phenoxy) is 1. The number of carbonyl (C=O) groups is 1. The Hall–Kier alpha value is -1.55. The van der Waals surface area contributed by atoms with Gasteiger partial charge in [0.25, 0.3) is 0 Å². The predicted octanol–water partition coefficient (Wildman–Crippen LogP) is 5.30. The summed E-state index contributed by atoms with van der Waals surface area (Å²) in [4.78, 5) is 12.4. The zero-order valence-corrected chi connectivity index (χ0v) is 13.3. The molecule has 0 amide bonds. The number of hydrogen-bond acceptors (Lipinski definition) is 3. The maximum atomic E-state index is 12.4. The first-order chi connectivity index (χ1) is 9.42. The molecule has 0 unspecified atom stereocenters. The smallest absolute Gasteiger partial charge is 0.419 e. The largest absolute Gasteiger partial charge is 0.443 e. The van der Waals surface area contributed by atoms with E-state index in [9.17, 15) is 4.79 Å². The van der Waals surface area contributed by atoms with E-state index in [1.807, 2.05) is 44.4 Å². The first-order valence-corrected chi connectivity index (χ1v) is 7.79. The Morgan fingerprint density at radius 1 is 1.45 bits per heavy atom. The van der Waals surface area contributed by atoms with Gasteiger partial charge in [0.1, 0.15) is 5.60 Å². The second kappa shape index (κ2) is 5.83. The number of thiophene rings is 1. The molecule has 20 heavy (non-hydrogen) atoms.